The molecule has 2 N–H and O–H groups in total. The molecule has 0 saturated carbocycles. The van der Waals surface area contributed by atoms with Crippen LogP contribution in [0.5, 0.6) is 0 Å². The van der Waals surface area contributed by atoms with Crippen molar-refractivity contribution in [3.63, 3.8) is 0 Å². The van der Waals surface area contributed by atoms with E-state index in [0.29, 0.717) is 0 Å². The summed E-state index contributed by atoms with van der Waals surface area (Å²) in [6.45, 7) is 3.51. The summed E-state index contributed by atoms with van der Waals surface area (Å²) < 4.78 is 20.5. The third-order valence-corrected chi connectivity index (χ3v) is 2.50. The van der Waals surface area contributed by atoms with Gasteiger partial charge in [0.25, 0.3) is 0 Å². The third kappa shape index (κ3) is 4.81. The van der Waals surface area contributed by atoms with Gasteiger partial charge in [-0.25, -0.2) is 0 Å². The van der Waals surface area contributed by atoms with Crippen LogP contribution in [0.4, 0.5) is 0 Å². The van der Waals surface area contributed by atoms with E-state index in [2.05, 4.69) is 15.2 Å². The van der Waals surface area contributed by atoms with E-state index in [1.165, 1.54) is 7.11 Å². The molecular formula is C6H14N2NaO3P+. The van der Waals surface area contributed by atoms with Gasteiger partial charge in [0.15, 0.2) is 0 Å². The first-order valence-corrected chi connectivity index (χ1v) is 4.96. The van der Waals surface area contributed by atoms with Gasteiger partial charge in [0.2, 0.25) is 5.85 Å². The maximum atomic E-state index is 10.9. The molecule has 1 aliphatic heterocycles. The van der Waals surface area contributed by atoms with Gasteiger partial charge in [-0.15, -0.1) is 4.52 Å². The van der Waals surface area contributed by atoms with Crippen molar-refractivity contribution >= 4 is 37.8 Å². The minimum absolute atomic E-state index is 0. The molecule has 1 heterocycles. The minimum Gasteiger partial charge on any atom is -0.273 e. The van der Waals surface area contributed by atoms with Crippen molar-refractivity contribution in [2.45, 2.75) is 19.2 Å². The molecule has 0 aromatic rings. The zero-order chi connectivity index (χ0) is 9.03. The molecular weight excluding hydrogens is 202 g/mol. The van der Waals surface area contributed by atoms with Crippen LogP contribution >= 0.6 is 8.25 Å². The first kappa shape index (κ1) is 13.9. The van der Waals surface area contributed by atoms with E-state index in [1.807, 2.05) is 0 Å². The summed E-state index contributed by atoms with van der Waals surface area (Å²) >= 11 is 0. The Hall–Kier alpha value is 0.940. The molecule has 0 aliphatic carbocycles. The van der Waals surface area contributed by atoms with Crippen molar-refractivity contribution in [2.75, 3.05) is 20.2 Å². The second-order valence-corrected chi connectivity index (χ2v) is 3.73. The van der Waals surface area contributed by atoms with Gasteiger partial charge in [-0.05, 0) is 13.3 Å². The van der Waals surface area contributed by atoms with Crippen LogP contribution in [0.2, 0.25) is 0 Å². The monoisotopic (exact) mass is 216 g/mol. The van der Waals surface area contributed by atoms with Gasteiger partial charge in [0.05, 0.1) is 7.11 Å². The van der Waals surface area contributed by atoms with Gasteiger partial charge in [-0.3, -0.25) is 10.6 Å². The first-order chi connectivity index (χ1) is 5.66. The van der Waals surface area contributed by atoms with Gasteiger partial charge in [-0.2, -0.15) is 0 Å². The molecule has 1 saturated heterocycles. The van der Waals surface area contributed by atoms with E-state index in [0.717, 1.165) is 19.5 Å². The maximum absolute atomic E-state index is 10.9. The molecule has 7 heteroatoms. The fraction of sp³-hybridized carbons (Fsp3) is 1.00. The zero-order valence-electron chi connectivity index (χ0n) is 8.29. The van der Waals surface area contributed by atoms with E-state index in [9.17, 15) is 4.57 Å². The largest absolute Gasteiger partial charge is 0.700 e. The Morgan fingerprint density at radius 3 is 2.38 bits per heavy atom. The molecule has 5 nitrogen and oxygen atoms in total. The van der Waals surface area contributed by atoms with Crippen LogP contribution in [-0.4, -0.2) is 55.6 Å². The summed E-state index contributed by atoms with van der Waals surface area (Å²) in [7, 11) is -0.673. The van der Waals surface area contributed by atoms with Crippen LogP contribution in [0.1, 0.15) is 13.3 Å². The van der Waals surface area contributed by atoms with E-state index < -0.39 is 14.1 Å². The Bertz CT molecular complexity index is 175. The Kier molecular flexibility index (Phi) is 6.89. The summed E-state index contributed by atoms with van der Waals surface area (Å²) in [5, 5.41) is 6.13. The molecule has 0 spiro atoms. The second-order valence-electron chi connectivity index (χ2n) is 2.74. The Morgan fingerprint density at radius 2 is 1.92 bits per heavy atom. The summed E-state index contributed by atoms with van der Waals surface area (Å²) in [5.41, 5.74) is 0. The molecule has 0 bridgehead atoms. The molecule has 71 valence electrons. The molecule has 1 rings (SSSR count). The molecule has 0 aromatic carbocycles. The van der Waals surface area contributed by atoms with Gasteiger partial charge in [0.1, 0.15) is 0 Å². The summed E-state index contributed by atoms with van der Waals surface area (Å²) in [4.78, 5) is 0. The van der Waals surface area contributed by atoms with Crippen molar-refractivity contribution in [1.82, 2.24) is 10.6 Å². The van der Waals surface area contributed by atoms with Crippen molar-refractivity contribution in [2.24, 2.45) is 0 Å². The zero-order valence-corrected chi connectivity index (χ0v) is 11.2. The minimum atomic E-state index is -2.02. The van der Waals surface area contributed by atoms with Crippen LogP contribution in [0.3, 0.4) is 0 Å². The molecule has 0 amide bonds. The smallest absolute Gasteiger partial charge is 0.273 e. The fourth-order valence-electron chi connectivity index (χ4n) is 1.06. The third-order valence-electron chi connectivity index (χ3n) is 1.68. The van der Waals surface area contributed by atoms with Gasteiger partial charge in [-0.1, -0.05) is 4.52 Å². The van der Waals surface area contributed by atoms with Gasteiger partial charge in [0, 0.05) is 47.2 Å². The number of nitrogens with one attached hydrogen (secondary N) is 2. The van der Waals surface area contributed by atoms with Gasteiger partial charge >= 0.3 is 8.25 Å². The predicted octanol–water partition coefficient (Wildman–Crippen LogP) is 0.183. The standard InChI is InChI=1S/C6H14N2O3P.Na/c1-6(11-12(9)10-2)7-4-3-5-8-6;/h7-8H,3-5H2,1-2H3;/q+1;. The van der Waals surface area contributed by atoms with Crippen LogP contribution < -0.4 is 10.6 Å². The Labute approximate surface area is 101 Å². The van der Waals surface area contributed by atoms with Gasteiger partial charge < -0.3 is 0 Å². The van der Waals surface area contributed by atoms with Crippen LogP contribution in [-0.2, 0) is 13.6 Å². The van der Waals surface area contributed by atoms with Crippen molar-refractivity contribution in [3.8, 4) is 0 Å². The topological polar surface area (TPSA) is 59.6 Å². The number of hydrogen-bond acceptors (Lipinski definition) is 5. The Morgan fingerprint density at radius 1 is 1.38 bits per heavy atom. The number of rotatable bonds is 3. The van der Waals surface area contributed by atoms with Crippen molar-refractivity contribution < 1.29 is 13.6 Å². The molecule has 1 unspecified atom stereocenters. The average Bonchev–Trinajstić information content (AvgIpc) is 2.05. The SMILES string of the molecule is CO[P+](=O)OC1(C)NCCCN1.[Na]. The van der Waals surface area contributed by atoms with Crippen LogP contribution in [0, 0.1) is 0 Å². The summed E-state index contributed by atoms with van der Waals surface area (Å²) in [6, 6.07) is 0. The average molecular weight is 216 g/mol. The van der Waals surface area contributed by atoms with E-state index >= 15 is 0 Å². The summed E-state index contributed by atoms with van der Waals surface area (Å²) in [5.74, 6) is -0.707. The molecule has 13 heavy (non-hydrogen) atoms. The normalized spacial score (nSPS) is 21.8. The fourth-order valence-corrected chi connectivity index (χ4v) is 1.56. The predicted molar refractivity (Wildman–Crippen MR) is 50.5 cm³/mol. The van der Waals surface area contributed by atoms with E-state index in [-0.39, 0.29) is 29.6 Å². The maximum Gasteiger partial charge on any atom is 0.700 e. The van der Waals surface area contributed by atoms with Crippen molar-refractivity contribution in [1.29, 1.82) is 0 Å². The molecule has 1 aliphatic rings. The molecule has 1 radical (unpaired) electrons. The Balaban J connectivity index is 0.00000144. The second kappa shape index (κ2) is 6.43. The van der Waals surface area contributed by atoms with Crippen LogP contribution in [0.25, 0.3) is 0 Å². The molecule has 1 atom stereocenters. The molecule has 1 fully saturated rings. The molecule has 0 aromatic heterocycles. The summed E-state index contributed by atoms with van der Waals surface area (Å²) in [6.07, 6.45) is 1.04. The van der Waals surface area contributed by atoms with Crippen LogP contribution in [0.15, 0.2) is 0 Å². The quantitative estimate of drug-likeness (QED) is 0.520. The first-order valence-electron chi connectivity index (χ1n) is 3.87. The van der Waals surface area contributed by atoms with Crippen molar-refractivity contribution in [3.05, 3.63) is 0 Å². The number of hydrogen-bond donors (Lipinski definition) is 2. The van der Waals surface area contributed by atoms with E-state index in [1.54, 1.807) is 6.92 Å². The van der Waals surface area contributed by atoms with E-state index in [4.69, 9.17) is 4.52 Å².